The largest absolute Gasteiger partial charge is 0.444 e. The molecule has 33 heavy (non-hydrogen) atoms. The van der Waals surface area contributed by atoms with Crippen LogP contribution in [-0.4, -0.2) is 57.7 Å². The quantitative estimate of drug-likeness (QED) is 0.645. The predicted octanol–water partition coefficient (Wildman–Crippen LogP) is 3.23. The maximum atomic E-state index is 12.4. The summed E-state index contributed by atoms with van der Waals surface area (Å²) in [7, 11) is 0. The summed E-state index contributed by atoms with van der Waals surface area (Å²) in [6, 6.07) is 7.67. The number of likely N-dealkylation sites (tertiary alicyclic amines) is 1. The van der Waals surface area contributed by atoms with Gasteiger partial charge in [0.1, 0.15) is 11.4 Å². The van der Waals surface area contributed by atoms with E-state index in [4.69, 9.17) is 14.1 Å². The maximum Gasteiger partial charge on any atom is 0.410 e. The number of piperidine rings is 1. The number of benzene rings is 1. The average Bonchev–Trinajstić information content (AvgIpc) is 3.32. The molecular formula is C23H25N3O7. The van der Waals surface area contributed by atoms with E-state index in [0.29, 0.717) is 30.3 Å². The van der Waals surface area contributed by atoms with Crippen molar-refractivity contribution in [1.82, 2.24) is 15.1 Å². The van der Waals surface area contributed by atoms with E-state index < -0.39 is 23.4 Å². The standard InChI is InChI=1S/C23H25N3O7/c1-23(2,3)31-22(30)25-10-8-14(9-11-25)12-15-13-18(24-32-15)21(29)33-26-19(27)16-6-4-5-7-17(16)20(26)28/h4-7,13-14H,8-12H2,1-3H3. The van der Waals surface area contributed by atoms with Crippen molar-refractivity contribution in [3.63, 3.8) is 0 Å². The topological polar surface area (TPSA) is 119 Å². The van der Waals surface area contributed by atoms with E-state index in [9.17, 15) is 19.2 Å². The Balaban J connectivity index is 1.30. The number of carbonyl (C=O) groups excluding carboxylic acids is 4. The van der Waals surface area contributed by atoms with Crippen molar-refractivity contribution in [2.75, 3.05) is 13.1 Å². The van der Waals surface area contributed by atoms with E-state index in [0.717, 1.165) is 12.8 Å². The van der Waals surface area contributed by atoms with Crippen LogP contribution in [0.2, 0.25) is 0 Å². The van der Waals surface area contributed by atoms with Gasteiger partial charge in [0.05, 0.1) is 11.1 Å². The Morgan fingerprint density at radius 3 is 2.27 bits per heavy atom. The van der Waals surface area contributed by atoms with Crippen molar-refractivity contribution < 1.29 is 33.3 Å². The van der Waals surface area contributed by atoms with E-state index in [-0.39, 0.29) is 28.8 Å². The van der Waals surface area contributed by atoms with Crippen LogP contribution in [0.3, 0.4) is 0 Å². The first-order valence-corrected chi connectivity index (χ1v) is 10.8. The zero-order valence-electron chi connectivity index (χ0n) is 18.7. The third kappa shape index (κ3) is 4.89. The lowest BCUT2D eigenvalue weighted by Gasteiger charge is -2.33. The van der Waals surface area contributed by atoms with E-state index >= 15 is 0 Å². The number of amides is 3. The Bertz CT molecular complexity index is 1060. The molecule has 2 aromatic rings. The third-order valence-corrected chi connectivity index (χ3v) is 5.46. The Kier molecular flexibility index (Phi) is 5.92. The predicted molar refractivity (Wildman–Crippen MR) is 113 cm³/mol. The van der Waals surface area contributed by atoms with Gasteiger partial charge in [-0.05, 0) is 51.7 Å². The van der Waals surface area contributed by atoms with Crippen LogP contribution in [0.5, 0.6) is 0 Å². The number of hydrogen-bond acceptors (Lipinski definition) is 8. The average molecular weight is 455 g/mol. The summed E-state index contributed by atoms with van der Waals surface area (Å²) in [6.45, 7) is 6.64. The summed E-state index contributed by atoms with van der Waals surface area (Å²) in [5.41, 5.74) is -0.318. The number of imide groups is 1. The highest BCUT2D eigenvalue weighted by molar-refractivity contribution is 6.21. The first-order chi connectivity index (χ1) is 15.6. The van der Waals surface area contributed by atoms with Gasteiger partial charge in [-0.25, -0.2) is 9.59 Å². The molecule has 0 aliphatic carbocycles. The van der Waals surface area contributed by atoms with Crippen molar-refractivity contribution in [2.24, 2.45) is 5.92 Å². The molecule has 0 atom stereocenters. The van der Waals surface area contributed by atoms with Crippen molar-refractivity contribution >= 4 is 23.9 Å². The lowest BCUT2D eigenvalue weighted by atomic mass is 9.92. The van der Waals surface area contributed by atoms with Crippen LogP contribution >= 0.6 is 0 Å². The summed E-state index contributed by atoms with van der Waals surface area (Å²) >= 11 is 0. The van der Waals surface area contributed by atoms with Crippen molar-refractivity contribution in [3.05, 3.63) is 52.9 Å². The van der Waals surface area contributed by atoms with Crippen LogP contribution in [0.1, 0.15) is 70.6 Å². The Labute approximate surface area is 190 Å². The maximum absolute atomic E-state index is 12.4. The summed E-state index contributed by atoms with van der Waals surface area (Å²) in [6.07, 6.45) is 1.73. The van der Waals surface area contributed by atoms with E-state index in [1.165, 1.54) is 18.2 Å². The third-order valence-electron chi connectivity index (χ3n) is 5.46. The number of hydroxylamine groups is 2. The smallest absolute Gasteiger partial charge is 0.410 e. The highest BCUT2D eigenvalue weighted by atomic mass is 16.7. The molecular weight excluding hydrogens is 430 g/mol. The summed E-state index contributed by atoms with van der Waals surface area (Å²) in [4.78, 5) is 56.0. The van der Waals surface area contributed by atoms with Gasteiger partial charge in [-0.2, -0.15) is 0 Å². The fraction of sp³-hybridized carbons (Fsp3) is 0.435. The minimum atomic E-state index is -0.959. The zero-order valence-corrected chi connectivity index (χ0v) is 18.7. The van der Waals surface area contributed by atoms with Crippen LogP contribution in [0.15, 0.2) is 34.9 Å². The van der Waals surface area contributed by atoms with Crippen LogP contribution in [-0.2, 0) is 16.0 Å². The van der Waals surface area contributed by atoms with Gasteiger partial charge in [-0.15, -0.1) is 0 Å². The fourth-order valence-corrected chi connectivity index (χ4v) is 3.82. The number of aromatic nitrogens is 1. The lowest BCUT2D eigenvalue weighted by Crippen LogP contribution is -2.42. The summed E-state index contributed by atoms with van der Waals surface area (Å²) < 4.78 is 10.7. The molecule has 0 radical (unpaired) electrons. The van der Waals surface area contributed by atoms with Gasteiger partial charge in [0.25, 0.3) is 11.8 Å². The first-order valence-electron chi connectivity index (χ1n) is 10.8. The summed E-state index contributed by atoms with van der Waals surface area (Å²) in [5.74, 6) is -1.63. The van der Waals surface area contributed by atoms with Gasteiger partial charge < -0.3 is 19.0 Å². The van der Waals surface area contributed by atoms with Gasteiger partial charge in [0.15, 0.2) is 5.69 Å². The molecule has 4 rings (SSSR count). The number of ether oxygens (including phenoxy) is 1. The molecule has 1 aromatic carbocycles. The second-order valence-electron chi connectivity index (χ2n) is 9.12. The summed E-state index contributed by atoms with van der Waals surface area (Å²) in [5, 5.41) is 4.16. The minimum Gasteiger partial charge on any atom is -0.444 e. The van der Waals surface area contributed by atoms with E-state index in [1.54, 1.807) is 17.0 Å². The molecule has 3 amide bonds. The number of carbonyl (C=O) groups is 4. The monoisotopic (exact) mass is 455 g/mol. The molecule has 2 aliphatic heterocycles. The molecule has 3 heterocycles. The molecule has 0 spiro atoms. The van der Waals surface area contributed by atoms with Gasteiger partial charge in [-0.3, -0.25) is 9.59 Å². The van der Waals surface area contributed by atoms with E-state index in [2.05, 4.69) is 5.16 Å². The van der Waals surface area contributed by atoms with Crippen LogP contribution in [0.25, 0.3) is 0 Å². The molecule has 174 valence electrons. The first kappa shape index (κ1) is 22.5. The highest BCUT2D eigenvalue weighted by Gasteiger charge is 2.39. The number of rotatable bonds is 4. The van der Waals surface area contributed by atoms with Crippen molar-refractivity contribution in [2.45, 2.75) is 45.6 Å². The van der Waals surface area contributed by atoms with Crippen LogP contribution in [0.4, 0.5) is 4.79 Å². The van der Waals surface area contributed by atoms with Gasteiger partial charge in [0.2, 0.25) is 0 Å². The van der Waals surface area contributed by atoms with Gasteiger partial charge >= 0.3 is 12.1 Å². The highest BCUT2D eigenvalue weighted by Crippen LogP contribution is 2.25. The Morgan fingerprint density at radius 2 is 1.70 bits per heavy atom. The second kappa shape index (κ2) is 8.68. The lowest BCUT2D eigenvalue weighted by molar-refractivity contribution is -0.0590. The minimum absolute atomic E-state index is 0.132. The zero-order chi connectivity index (χ0) is 23.8. The van der Waals surface area contributed by atoms with Crippen molar-refractivity contribution in [1.29, 1.82) is 0 Å². The van der Waals surface area contributed by atoms with Crippen molar-refractivity contribution in [3.8, 4) is 0 Å². The molecule has 10 heteroatoms. The molecule has 2 aliphatic rings. The second-order valence-corrected chi connectivity index (χ2v) is 9.12. The molecule has 1 fully saturated rings. The van der Waals surface area contributed by atoms with Gasteiger partial charge in [-0.1, -0.05) is 22.4 Å². The Morgan fingerprint density at radius 1 is 1.09 bits per heavy atom. The Hall–Kier alpha value is -3.69. The molecule has 0 N–H and O–H groups in total. The van der Waals surface area contributed by atoms with Crippen LogP contribution < -0.4 is 0 Å². The number of nitrogens with zero attached hydrogens (tertiary/aromatic N) is 3. The number of fused-ring (bicyclic) bond motifs is 1. The molecule has 0 bridgehead atoms. The fourth-order valence-electron chi connectivity index (χ4n) is 3.82. The molecule has 1 saturated heterocycles. The molecule has 0 saturated carbocycles. The molecule has 10 nitrogen and oxygen atoms in total. The number of hydrogen-bond donors (Lipinski definition) is 0. The molecule has 1 aromatic heterocycles. The van der Waals surface area contributed by atoms with E-state index in [1.807, 2.05) is 20.8 Å². The van der Waals surface area contributed by atoms with Gasteiger partial charge in [0, 0.05) is 25.6 Å². The van der Waals surface area contributed by atoms with Crippen LogP contribution in [0, 0.1) is 5.92 Å². The normalized spacial score (nSPS) is 16.7. The SMILES string of the molecule is CC(C)(C)OC(=O)N1CCC(Cc2cc(C(=O)ON3C(=O)c4ccccc4C3=O)no2)CC1. The molecule has 0 unspecified atom stereocenters.